The van der Waals surface area contributed by atoms with Gasteiger partial charge < -0.3 is 10.2 Å². The van der Waals surface area contributed by atoms with E-state index in [-0.39, 0.29) is 42.6 Å². The molecule has 4 amide bonds. The van der Waals surface area contributed by atoms with Crippen molar-refractivity contribution < 1.29 is 19.2 Å². The molecule has 2 heterocycles. The number of benzene rings is 1. The van der Waals surface area contributed by atoms with E-state index < -0.39 is 0 Å². The Morgan fingerprint density at radius 1 is 1.10 bits per heavy atom. The first kappa shape index (κ1) is 22.0. The summed E-state index contributed by atoms with van der Waals surface area (Å²) in [4.78, 5) is 52.5. The van der Waals surface area contributed by atoms with Crippen LogP contribution in [0.3, 0.4) is 0 Å². The number of rotatable bonds is 7. The Balaban J connectivity index is 1.40. The third-order valence-electron chi connectivity index (χ3n) is 5.71. The Labute approximate surface area is 177 Å². The van der Waals surface area contributed by atoms with E-state index in [0.29, 0.717) is 43.0 Å². The van der Waals surface area contributed by atoms with Gasteiger partial charge in [0.1, 0.15) is 0 Å². The molecule has 1 aromatic carbocycles. The van der Waals surface area contributed by atoms with Crippen molar-refractivity contribution in [2.24, 2.45) is 5.92 Å². The van der Waals surface area contributed by atoms with Crippen molar-refractivity contribution in [1.29, 1.82) is 0 Å². The molecular formula is C23H31N3O4. The molecule has 1 fully saturated rings. The maximum absolute atomic E-state index is 12.5. The fourth-order valence-corrected chi connectivity index (χ4v) is 4.06. The van der Waals surface area contributed by atoms with Crippen LogP contribution >= 0.6 is 0 Å². The number of amides is 4. The molecule has 7 heteroatoms. The molecule has 0 aliphatic carbocycles. The van der Waals surface area contributed by atoms with E-state index in [2.05, 4.69) is 5.32 Å². The van der Waals surface area contributed by atoms with Crippen molar-refractivity contribution in [3.05, 3.63) is 34.9 Å². The van der Waals surface area contributed by atoms with Crippen LogP contribution in [0.1, 0.15) is 72.2 Å². The van der Waals surface area contributed by atoms with E-state index in [1.807, 2.05) is 31.7 Å². The normalized spacial score (nSPS) is 16.9. The maximum atomic E-state index is 12.5. The van der Waals surface area contributed by atoms with Crippen molar-refractivity contribution in [2.75, 3.05) is 19.6 Å². The van der Waals surface area contributed by atoms with Gasteiger partial charge in [-0.15, -0.1) is 0 Å². The van der Waals surface area contributed by atoms with Crippen molar-refractivity contribution in [1.82, 2.24) is 15.1 Å². The van der Waals surface area contributed by atoms with Crippen LogP contribution in [0.15, 0.2) is 18.2 Å². The summed E-state index contributed by atoms with van der Waals surface area (Å²) < 4.78 is 0. The minimum absolute atomic E-state index is 0.0721. The quantitative estimate of drug-likeness (QED) is 0.696. The molecule has 0 aromatic heterocycles. The highest BCUT2D eigenvalue weighted by molar-refractivity contribution is 6.21. The largest absolute Gasteiger partial charge is 0.353 e. The smallest absolute Gasteiger partial charge is 0.261 e. The van der Waals surface area contributed by atoms with Crippen LogP contribution in [-0.4, -0.2) is 59.1 Å². The third kappa shape index (κ3) is 5.07. The maximum Gasteiger partial charge on any atom is 0.261 e. The lowest BCUT2D eigenvalue weighted by atomic mass is 10.0. The molecule has 0 bridgehead atoms. The summed E-state index contributed by atoms with van der Waals surface area (Å²) >= 11 is 0. The summed E-state index contributed by atoms with van der Waals surface area (Å²) in [7, 11) is 0. The first-order chi connectivity index (χ1) is 14.3. The molecule has 162 valence electrons. The molecule has 1 aromatic rings. The molecule has 1 N–H and O–H groups in total. The predicted octanol–water partition coefficient (Wildman–Crippen LogP) is 2.52. The predicted molar refractivity (Wildman–Crippen MR) is 113 cm³/mol. The molecular weight excluding hydrogens is 382 g/mol. The van der Waals surface area contributed by atoms with Crippen molar-refractivity contribution in [2.45, 2.75) is 58.9 Å². The monoisotopic (exact) mass is 413 g/mol. The van der Waals surface area contributed by atoms with Crippen LogP contribution < -0.4 is 5.32 Å². The highest BCUT2D eigenvalue weighted by Crippen LogP contribution is 2.24. The zero-order chi connectivity index (χ0) is 21.8. The van der Waals surface area contributed by atoms with E-state index in [1.54, 1.807) is 12.1 Å². The number of likely N-dealkylation sites (tertiary alicyclic amines) is 1. The SMILES string of the molecule is Cc1ccc2c(c1)C(=O)N(CCCC(=O)NC1CCN(C(=O)CC(C)C)CC1)C2=O. The number of fused-ring (bicyclic) bond motifs is 1. The number of nitrogens with one attached hydrogen (secondary N) is 1. The lowest BCUT2D eigenvalue weighted by Crippen LogP contribution is -2.46. The number of carbonyl (C=O) groups excluding carboxylic acids is 4. The Kier molecular flexibility index (Phi) is 6.90. The van der Waals surface area contributed by atoms with Crippen LogP contribution in [0.5, 0.6) is 0 Å². The van der Waals surface area contributed by atoms with Crippen LogP contribution in [0, 0.1) is 12.8 Å². The topological polar surface area (TPSA) is 86.8 Å². The summed E-state index contributed by atoms with van der Waals surface area (Å²) in [6.45, 7) is 7.54. The second kappa shape index (κ2) is 9.41. The van der Waals surface area contributed by atoms with Crippen molar-refractivity contribution in [3.63, 3.8) is 0 Å². The second-order valence-electron chi connectivity index (χ2n) is 8.74. The van der Waals surface area contributed by atoms with Crippen LogP contribution in [0.25, 0.3) is 0 Å². The van der Waals surface area contributed by atoms with Gasteiger partial charge in [-0.1, -0.05) is 25.5 Å². The van der Waals surface area contributed by atoms with E-state index in [9.17, 15) is 19.2 Å². The fourth-order valence-electron chi connectivity index (χ4n) is 4.06. The highest BCUT2D eigenvalue weighted by Gasteiger charge is 2.35. The Hall–Kier alpha value is -2.70. The van der Waals surface area contributed by atoms with Crippen LogP contribution in [0.2, 0.25) is 0 Å². The minimum Gasteiger partial charge on any atom is -0.353 e. The lowest BCUT2D eigenvalue weighted by molar-refractivity contribution is -0.133. The molecule has 0 atom stereocenters. The molecule has 3 rings (SSSR count). The molecule has 7 nitrogen and oxygen atoms in total. The first-order valence-corrected chi connectivity index (χ1v) is 10.8. The summed E-state index contributed by atoms with van der Waals surface area (Å²) in [5.41, 5.74) is 1.82. The number of hydrogen-bond donors (Lipinski definition) is 1. The van der Waals surface area contributed by atoms with Gasteiger partial charge in [0.25, 0.3) is 11.8 Å². The van der Waals surface area contributed by atoms with Gasteiger partial charge in [-0.25, -0.2) is 0 Å². The number of hydrogen-bond acceptors (Lipinski definition) is 4. The minimum atomic E-state index is -0.283. The van der Waals surface area contributed by atoms with E-state index in [4.69, 9.17) is 0 Å². The Morgan fingerprint density at radius 2 is 1.77 bits per heavy atom. The van der Waals surface area contributed by atoms with Crippen molar-refractivity contribution >= 4 is 23.6 Å². The Morgan fingerprint density at radius 3 is 2.43 bits per heavy atom. The molecule has 30 heavy (non-hydrogen) atoms. The number of imide groups is 1. The van der Waals surface area contributed by atoms with Crippen molar-refractivity contribution in [3.8, 4) is 0 Å². The van der Waals surface area contributed by atoms with E-state index in [0.717, 1.165) is 18.4 Å². The van der Waals surface area contributed by atoms with Gasteiger partial charge in [0.05, 0.1) is 11.1 Å². The molecule has 0 unspecified atom stereocenters. The summed E-state index contributed by atoms with van der Waals surface area (Å²) in [5, 5.41) is 3.03. The highest BCUT2D eigenvalue weighted by atomic mass is 16.2. The van der Waals surface area contributed by atoms with Gasteiger partial charge in [0, 0.05) is 38.5 Å². The van der Waals surface area contributed by atoms with Gasteiger partial charge in [-0.2, -0.15) is 0 Å². The van der Waals surface area contributed by atoms with Gasteiger partial charge >= 0.3 is 0 Å². The average Bonchev–Trinajstić information content (AvgIpc) is 2.92. The van der Waals surface area contributed by atoms with Gasteiger partial charge in [-0.05, 0) is 44.2 Å². The van der Waals surface area contributed by atoms with Gasteiger partial charge in [0.15, 0.2) is 0 Å². The number of nitrogens with zero attached hydrogens (tertiary/aromatic N) is 2. The van der Waals surface area contributed by atoms with E-state index in [1.165, 1.54) is 4.90 Å². The summed E-state index contributed by atoms with van der Waals surface area (Å²) in [6.07, 6.45) is 2.77. The standard InChI is InChI=1S/C23H31N3O4/c1-15(2)13-21(28)25-11-8-17(9-12-25)24-20(27)5-4-10-26-22(29)18-7-6-16(3)14-19(18)23(26)30/h6-7,14-15,17H,4-5,8-13H2,1-3H3,(H,24,27). The second-order valence-corrected chi connectivity index (χ2v) is 8.74. The van der Waals surface area contributed by atoms with Crippen LogP contribution in [-0.2, 0) is 9.59 Å². The van der Waals surface area contributed by atoms with Gasteiger partial charge in [0.2, 0.25) is 11.8 Å². The third-order valence-corrected chi connectivity index (χ3v) is 5.71. The van der Waals surface area contributed by atoms with Gasteiger partial charge in [-0.3, -0.25) is 24.1 Å². The molecule has 2 aliphatic heterocycles. The molecule has 0 radical (unpaired) electrons. The average molecular weight is 414 g/mol. The number of piperidine rings is 1. The van der Waals surface area contributed by atoms with E-state index >= 15 is 0 Å². The molecule has 0 spiro atoms. The summed E-state index contributed by atoms with van der Waals surface area (Å²) in [6, 6.07) is 5.32. The Bertz CT molecular complexity index is 841. The lowest BCUT2D eigenvalue weighted by Gasteiger charge is -2.33. The first-order valence-electron chi connectivity index (χ1n) is 10.8. The molecule has 1 saturated heterocycles. The molecule has 0 saturated carbocycles. The zero-order valence-electron chi connectivity index (χ0n) is 18.1. The molecule has 2 aliphatic rings. The summed E-state index contributed by atoms with van der Waals surface area (Å²) in [5.74, 6) is -0.104. The number of aryl methyl sites for hydroxylation is 1. The number of carbonyl (C=O) groups is 4. The van der Waals surface area contributed by atoms with Crippen LogP contribution in [0.4, 0.5) is 0 Å². The zero-order valence-corrected chi connectivity index (χ0v) is 18.1. The fraction of sp³-hybridized carbons (Fsp3) is 0.565.